The third-order valence-corrected chi connectivity index (χ3v) is 4.90. The molecular formula is C16H16N2O4. The van der Waals surface area contributed by atoms with Crippen LogP contribution in [0, 0.1) is 23.7 Å². The summed E-state index contributed by atoms with van der Waals surface area (Å²) >= 11 is 0. The Bertz CT molecular complexity index is 634. The zero-order chi connectivity index (χ0) is 15.3. The molecule has 3 aliphatic rings. The molecule has 1 N–H and O–H groups in total. The van der Waals surface area contributed by atoms with Crippen molar-refractivity contribution in [2.75, 3.05) is 6.54 Å². The Hall–Kier alpha value is -2.37. The van der Waals surface area contributed by atoms with Gasteiger partial charge in [0.05, 0.1) is 24.6 Å². The van der Waals surface area contributed by atoms with Crippen LogP contribution in [-0.2, 0) is 20.9 Å². The summed E-state index contributed by atoms with van der Waals surface area (Å²) in [6.45, 7) is 0.0481. The van der Waals surface area contributed by atoms with Gasteiger partial charge in [-0.05, 0) is 30.4 Å². The first-order chi connectivity index (χ1) is 10.6. The number of furan rings is 1. The number of hydrogen-bond donors (Lipinski definition) is 1. The van der Waals surface area contributed by atoms with Crippen LogP contribution in [0.4, 0.5) is 0 Å². The van der Waals surface area contributed by atoms with E-state index in [0.29, 0.717) is 5.76 Å². The third-order valence-electron chi connectivity index (χ3n) is 4.90. The predicted molar refractivity (Wildman–Crippen MR) is 75.0 cm³/mol. The lowest BCUT2D eigenvalue weighted by molar-refractivity contribution is -0.144. The van der Waals surface area contributed by atoms with Crippen LogP contribution in [0.1, 0.15) is 12.2 Å². The van der Waals surface area contributed by atoms with Gasteiger partial charge in [0.25, 0.3) is 0 Å². The van der Waals surface area contributed by atoms with Crippen molar-refractivity contribution in [3.8, 4) is 0 Å². The molecule has 22 heavy (non-hydrogen) atoms. The fourth-order valence-electron chi connectivity index (χ4n) is 3.92. The molecular weight excluding hydrogens is 284 g/mol. The number of imide groups is 1. The Kier molecular flexibility index (Phi) is 2.92. The molecule has 2 heterocycles. The summed E-state index contributed by atoms with van der Waals surface area (Å²) in [5.41, 5.74) is 0. The molecule has 2 bridgehead atoms. The molecule has 1 aliphatic heterocycles. The Morgan fingerprint density at radius 1 is 1.23 bits per heavy atom. The minimum absolute atomic E-state index is 0.169. The lowest BCUT2D eigenvalue weighted by Crippen LogP contribution is -2.41. The Morgan fingerprint density at radius 2 is 1.91 bits per heavy atom. The van der Waals surface area contributed by atoms with Crippen LogP contribution in [0.15, 0.2) is 35.0 Å². The van der Waals surface area contributed by atoms with Gasteiger partial charge in [0.15, 0.2) is 0 Å². The van der Waals surface area contributed by atoms with Crippen molar-refractivity contribution in [1.29, 1.82) is 0 Å². The van der Waals surface area contributed by atoms with Crippen molar-refractivity contribution in [3.05, 3.63) is 36.3 Å². The molecule has 4 atom stereocenters. The highest BCUT2D eigenvalue weighted by molar-refractivity contribution is 6.08. The number of likely N-dealkylation sites (tertiary alicyclic amines) is 1. The number of hydrogen-bond acceptors (Lipinski definition) is 4. The molecule has 4 rings (SSSR count). The molecule has 3 amide bonds. The normalized spacial score (nSPS) is 31.9. The van der Waals surface area contributed by atoms with Gasteiger partial charge in [-0.2, -0.15) is 0 Å². The van der Waals surface area contributed by atoms with Gasteiger partial charge in [0.1, 0.15) is 12.3 Å². The lowest BCUT2D eigenvalue weighted by Gasteiger charge is -2.16. The second kappa shape index (κ2) is 4.83. The maximum Gasteiger partial charge on any atom is 0.240 e. The fourth-order valence-corrected chi connectivity index (χ4v) is 3.92. The lowest BCUT2D eigenvalue weighted by atomic mass is 9.85. The summed E-state index contributed by atoms with van der Waals surface area (Å²) < 4.78 is 5.12. The summed E-state index contributed by atoms with van der Waals surface area (Å²) in [5, 5.41) is 2.66. The number of amides is 3. The molecule has 1 saturated carbocycles. The van der Waals surface area contributed by atoms with E-state index in [1.807, 2.05) is 12.2 Å². The van der Waals surface area contributed by atoms with E-state index in [2.05, 4.69) is 5.32 Å². The van der Waals surface area contributed by atoms with E-state index in [4.69, 9.17) is 4.42 Å². The summed E-state index contributed by atoms with van der Waals surface area (Å²) in [6, 6.07) is 3.49. The van der Waals surface area contributed by atoms with Gasteiger partial charge in [0, 0.05) is 0 Å². The molecule has 0 aromatic carbocycles. The SMILES string of the molecule is O=C(CN1C(=O)[C@@H]2[C@@H](C1=O)[C@H]1C=C[C@@H]2C1)NCc1ccco1. The monoisotopic (exact) mass is 300 g/mol. The minimum atomic E-state index is -0.349. The third kappa shape index (κ3) is 1.90. The van der Waals surface area contributed by atoms with Crippen LogP contribution in [0.25, 0.3) is 0 Å². The molecule has 2 fully saturated rings. The van der Waals surface area contributed by atoms with Gasteiger partial charge in [-0.1, -0.05) is 12.2 Å². The van der Waals surface area contributed by atoms with E-state index in [1.54, 1.807) is 12.1 Å². The molecule has 0 unspecified atom stereocenters. The van der Waals surface area contributed by atoms with Crippen LogP contribution in [-0.4, -0.2) is 29.2 Å². The highest BCUT2D eigenvalue weighted by atomic mass is 16.3. The van der Waals surface area contributed by atoms with Gasteiger partial charge in [-0.3, -0.25) is 19.3 Å². The van der Waals surface area contributed by atoms with E-state index >= 15 is 0 Å². The summed E-state index contributed by atoms with van der Waals surface area (Å²) in [6.07, 6.45) is 6.50. The first-order valence-corrected chi connectivity index (χ1v) is 7.48. The summed E-state index contributed by atoms with van der Waals surface area (Å²) in [7, 11) is 0. The Morgan fingerprint density at radius 3 is 2.50 bits per heavy atom. The Balaban J connectivity index is 1.40. The van der Waals surface area contributed by atoms with Gasteiger partial charge < -0.3 is 9.73 Å². The average Bonchev–Trinajstić information content (AvgIpc) is 3.26. The number of carbonyl (C=O) groups excluding carboxylic acids is 3. The molecule has 1 saturated heterocycles. The van der Waals surface area contributed by atoms with Gasteiger partial charge in [0.2, 0.25) is 17.7 Å². The zero-order valence-electron chi connectivity index (χ0n) is 11.9. The van der Waals surface area contributed by atoms with Gasteiger partial charge in [-0.25, -0.2) is 0 Å². The molecule has 1 aromatic heterocycles. The second-order valence-electron chi connectivity index (χ2n) is 6.12. The van der Waals surface area contributed by atoms with E-state index in [9.17, 15) is 14.4 Å². The summed E-state index contributed by atoms with van der Waals surface area (Å²) in [5.74, 6) is -0.268. The standard InChI is InChI=1S/C16H16N2O4/c19-12(17-7-11-2-1-5-22-11)8-18-15(20)13-9-3-4-10(6-9)14(13)16(18)21/h1-5,9-10,13-14H,6-8H2,(H,17,19)/t9-,10+,13-,14-/m0/s1. The molecule has 1 aromatic rings. The van der Waals surface area contributed by atoms with Crippen molar-refractivity contribution in [1.82, 2.24) is 10.2 Å². The van der Waals surface area contributed by atoms with Crippen LogP contribution < -0.4 is 5.32 Å². The van der Waals surface area contributed by atoms with Gasteiger partial charge >= 0.3 is 0 Å². The molecule has 0 radical (unpaired) electrons. The quantitative estimate of drug-likeness (QED) is 0.656. The number of nitrogens with zero attached hydrogens (tertiary/aromatic N) is 1. The predicted octanol–water partition coefficient (Wildman–Crippen LogP) is 0.703. The minimum Gasteiger partial charge on any atom is -0.467 e. The summed E-state index contributed by atoms with van der Waals surface area (Å²) in [4.78, 5) is 37.9. The van der Waals surface area contributed by atoms with Crippen molar-refractivity contribution < 1.29 is 18.8 Å². The van der Waals surface area contributed by atoms with Crippen molar-refractivity contribution >= 4 is 17.7 Å². The van der Waals surface area contributed by atoms with Crippen molar-refractivity contribution in [3.63, 3.8) is 0 Å². The fraction of sp³-hybridized carbons (Fsp3) is 0.438. The number of fused-ring (bicyclic) bond motifs is 5. The number of allylic oxidation sites excluding steroid dienone is 2. The molecule has 0 spiro atoms. The van der Waals surface area contributed by atoms with Crippen molar-refractivity contribution in [2.24, 2.45) is 23.7 Å². The van der Waals surface area contributed by atoms with E-state index in [0.717, 1.165) is 11.3 Å². The molecule has 6 heteroatoms. The largest absolute Gasteiger partial charge is 0.467 e. The van der Waals surface area contributed by atoms with E-state index < -0.39 is 0 Å². The Labute approximate surface area is 127 Å². The van der Waals surface area contributed by atoms with Crippen LogP contribution in [0.3, 0.4) is 0 Å². The highest BCUT2D eigenvalue weighted by Gasteiger charge is 2.59. The van der Waals surface area contributed by atoms with E-state index in [-0.39, 0.29) is 54.5 Å². The van der Waals surface area contributed by atoms with Crippen LogP contribution in [0.2, 0.25) is 0 Å². The van der Waals surface area contributed by atoms with Crippen LogP contribution in [0.5, 0.6) is 0 Å². The zero-order valence-corrected chi connectivity index (χ0v) is 11.9. The van der Waals surface area contributed by atoms with Crippen LogP contribution >= 0.6 is 0 Å². The molecule has 6 nitrogen and oxygen atoms in total. The molecule has 114 valence electrons. The number of rotatable bonds is 4. The topological polar surface area (TPSA) is 79.6 Å². The van der Waals surface area contributed by atoms with E-state index in [1.165, 1.54) is 6.26 Å². The first kappa shape index (κ1) is 13.3. The second-order valence-corrected chi connectivity index (χ2v) is 6.12. The maximum atomic E-state index is 12.4. The number of carbonyl (C=O) groups is 3. The first-order valence-electron chi connectivity index (χ1n) is 7.48. The molecule has 2 aliphatic carbocycles. The van der Waals surface area contributed by atoms with Gasteiger partial charge in [-0.15, -0.1) is 0 Å². The number of nitrogens with one attached hydrogen (secondary N) is 1. The smallest absolute Gasteiger partial charge is 0.240 e. The average molecular weight is 300 g/mol. The maximum absolute atomic E-state index is 12.4. The highest BCUT2D eigenvalue weighted by Crippen LogP contribution is 2.52. The van der Waals surface area contributed by atoms with Crippen molar-refractivity contribution in [2.45, 2.75) is 13.0 Å².